The summed E-state index contributed by atoms with van der Waals surface area (Å²) in [5.41, 5.74) is 5.70. The number of benzene rings is 1. The van der Waals surface area contributed by atoms with Gasteiger partial charge in [0.15, 0.2) is 6.61 Å². The van der Waals surface area contributed by atoms with Crippen LogP contribution in [0.3, 0.4) is 0 Å². The predicted octanol–water partition coefficient (Wildman–Crippen LogP) is 0.487. The van der Waals surface area contributed by atoms with E-state index < -0.39 is 18.5 Å². The summed E-state index contributed by atoms with van der Waals surface area (Å²) in [4.78, 5) is 35.8. The van der Waals surface area contributed by atoms with Crippen molar-refractivity contribution in [2.45, 2.75) is 12.8 Å². The van der Waals surface area contributed by atoms with E-state index in [-0.39, 0.29) is 11.8 Å². The Hall–Kier alpha value is -2.57. The van der Waals surface area contributed by atoms with Gasteiger partial charge in [-0.15, -0.1) is 0 Å². The third-order valence-electron chi connectivity index (χ3n) is 3.55. The molecular weight excluding hydrogens is 288 g/mol. The first-order valence-electron chi connectivity index (χ1n) is 7.00. The lowest BCUT2D eigenvalue weighted by Gasteiger charge is -2.31. The molecule has 0 aromatic heterocycles. The molecule has 1 aliphatic rings. The predicted molar refractivity (Wildman–Crippen MR) is 77.4 cm³/mol. The first-order valence-corrected chi connectivity index (χ1v) is 7.00. The van der Waals surface area contributed by atoms with E-state index in [4.69, 9.17) is 15.6 Å². The van der Waals surface area contributed by atoms with Crippen molar-refractivity contribution < 1.29 is 24.2 Å². The topological polar surface area (TPSA) is 110 Å². The van der Waals surface area contributed by atoms with Crippen LogP contribution in [0.25, 0.3) is 0 Å². The Kier molecular flexibility index (Phi) is 4.98. The average molecular weight is 306 g/mol. The molecule has 1 fully saturated rings. The molecule has 1 aliphatic heterocycles. The minimum Gasteiger partial charge on any atom is -0.482 e. The van der Waals surface area contributed by atoms with Gasteiger partial charge in [-0.25, -0.2) is 4.79 Å². The summed E-state index contributed by atoms with van der Waals surface area (Å²) in [7, 11) is 0. The molecule has 0 aliphatic carbocycles. The number of hydrogen-bond acceptors (Lipinski definition) is 4. The maximum absolute atomic E-state index is 12.5. The van der Waals surface area contributed by atoms with Crippen LogP contribution in [0.2, 0.25) is 0 Å². The minimum absolute atomic E-state index is 0.216. The van der Waals surface area contributed by atoms with E-state index in [1.54, 1.807) is 23.1 Å². The summed E-state index contributed by atoms with van der Waals surface area (Å²) in [6.45, 7) is 0.419. The highest BCUT2D eigenvalue weighted by Gasteiger charge is 2.27. The molecule has 1 atom stereocenters. The summed E-state index contributed by atoms with van der Waals surface area (Å²) in [6, 6.07) is 6.34. The van der Waals surface area contributed by atoms with Crippen LogP contribution in [0.1, 0.15) is 23.2 Å². The molecular formula is C15H18N2O5. The minimum atomic E-state index is -1.09. The summed E-state index contributed by atoms with van der Waals surface area (Å²) in [5, 5.41) is 8.59. The first-order chi connectivity index (χ1) is 10.5. The van der Waals surface area contributed by atoms with Crippen molar-refractivity contribution in [3.8, 4) is 5.75 Å². The normalized spacial score (nSPS) is 17.8. The van der Waals surface area contributed by atoms with E-state index >= 15 is 0 Å². The Morgan fingerprint density at radius 1 is 1.36 bits per heavy atom. The fraction of sp³-hybridized carbons (Fsp3) is 0.400. The number of aliphatic carboxylic acids is 1. The highest BCUT2D eigenvalue weighted by molar-refractivity contribution is 5.95. The Balaban J connectivity index is 2.07. The molecule has 118 valence electrons. The quantitative estimate of drug-likeness (QED) is 0.822. The molecule has 1 unspecified atom stereocenters. The van der Waals surface area contributed by atoms with E-state index in [0.29, 0.717) is 30.8 Å². The van der Waals surface area contributed by atoms with Crippen LogP contribution in [0.5, 0.6) is 5.75 Å². The number of nitrogens with two attached hydrogens (primary N) is 1. The zero-order valence-electron chi connectivity index (χ0n) is 12.0. The van der Waals surface area contributed by atoms with Crippen molar-refractivity contribution >= 4 is 17.8 Å². The maximum atomic E-state index is 12.5. The van der Waals surface area contributed by atoms with Gasteiger partial charge in [0, 0.05) is 18.7 Å². The van der Waals surface area contributed by atoms with Crippen molar-refractivity contribution in [3.05, 3.63) is 29.8 Å². The Morgan fingerprint density at radius 2 is 2.14 bits per heavy atom. The molecule has 2 amide bonds. The zero-order valence-corrected chi connectivity index (χ0v) is 12.0. The van der Waals surface area contributed by atoms with Gasteiger partial charge < -0.3 is 20.5 Å². The number of carbonyl (C=O) groups excluding carboxylic acids is 2. The second kappa shape index (κ2) is 6.93. The molecule has 0 saturated carbocycles. The van der Waals surface area contributed by atoms with Crippen molar-refractivity contribution in [1.82, 2.24) is 4.90 Å². The van der Waals surface area contributed by atoms with Crippen molar-refractivity contribution in [2.24, 2.45) is 11.7 Å². The number of carbonyl (C=O) groups is 3. The number of rotatable bonds is 5. The lowest BCUT2D eigenvalue weighted by atomic mass is 9.97. The number of primary amides is 1. The number of amides is 2. The number of ether oxygens (including phenoxy) is 1. The summed E-state index contributed by atoms with van der Waals surface area (Å²) < 4.78 is 5.06. The van der Waals surface area contributed by atoms with Crippen molar-refractivity contribution in [2.75, 3.05) is 19.7 Å². The van der Waals surface area contributed by atoms with Crippen LogP contribution in [-0.4, -0.2) is 47.5 Å². The molecule has 1 heterocycles. The van der Waals surface area contributed by atoms with Crippen LogP contribution in [0, 0.1) is 5.92 Å². The number of piperidine rings is 1. The Morgan fingerprint density at radius 3 is 2.82 bits per heavy atom. The number of carboxylic acids is 1. The number of carboxylic acid groups (broad SMARTS) is 1. The van der Waals surface area contributed by atoms with E-state index in [1.165, 1.54) is 6.07 Å². The molecule has 1 aromatic carbocycles. The summed E-state index contributed by atoms with van der Waals surface area (Å²) in [5.74, 6) is -1.69. The van der Waals surface area contributed by atoms with Gasteiger partial charge in [-0.2, -0.15) is 0 Å². The molecule has 22 heavy (non-hydrogen) atoms. The third-order valence-corrected chi connectivity index (χ3v) is 3.55. The molecule has 1 saturated heterocycles. The summed E-state index contributed by atoms with van der Waals surface area (Å²) >= 11 is 0. The molecule has 7 heteroatoms. The lowest BCUT2D eigenvalue weighted by molar-refractivity contribution is -0.139. The molecule has 1 aromatic rings. The molecule has 3 N–H and O–H groups in total. The average Bonchev–Trinajstić information content (AvgIpc) is 2.52. The molecule has 7 nitrogen and oxygen atoms in total. The van der Waals surface area contributed by atoms with Gasteiger partial charge in [0.25, 0.3) is 5.91 Å². The molecule has 0 spiro atoms. The lowest BCUT2D eigenvalue weighted by Crippen LogP contribution is -2.44. The fourth-order valence-electron chi connectivity index (χ4n) is 2.44. The number of hydrogen-bond donors (Lipinski definition) is 2. The second-order valence-electron chi connectivity index (χ2n) is 5.20. The van der Waals surface area contributed by atoms with Crippen molar-refractivity contribution in [1.29, 1.82) is 0 Å². The molecule has 0 bridgehead atoms. The van der Waals surface area contributed by atoms with Gasteiger partial charge in [-0.3, -0.25) is 9.59 Å². The monoisotopic (exact) mass is 306 g/mol. The largest absolute Gasteiger partial charge is 0.482 e. The van der Waals surface area contributed by atoms with Crippen LogP contribution in [-0.2, 0) is 9.59 Å². The van der Waals surface area contributed by atoms with E-state index in [1.807, 2.05) is 0 Å². The van der Waals surface area contributed by atoms with Gasteiger partial charge in [0.2, 0.25) is 5.91 Å². The van der Waals surface area contributed by atoms with Gasteiger partial charge >= 0.3 is 5.97 Å². The zero-order chi connectivity index (χ0) is 16.1. The number of nitrogens with zero attached hydrogens (tertiary/aromatic N) is 1. The first kappa shape index (κ1) is 15.8. The van der Waals surface area contributed by atoms with Gasteiger partial charge in [-0.1, -0.05) is 6.07 Å². The molecule has 0 radical (unpaired) electrons. The van der Waals surface area contributed by atoms with Crippen molar-refractivity contribution in [3.63, 3.8) is 0 Å². The van der Waals surface area contributed by atoms with Gasteiger partial charge in [0.05, 0.1) is 5.92 Å². The number of likely N-dealkylation sites (tertiary alicyclic amines) is 1. The molecule has 2 rings (SSSR count). The van der Waals surface area contributed by atoms with Gasteiger partial charge in [0.1, 0.15) is 5.75 Å². The highest BCUT2D eigenvalue weighted by atomic mass is 16.5. The van der Waals surface area contributed by atoms with E-state index in [9.17, 15) is 14.4 Å². The van der Waals surface area contributed by atoms with E-state index in [0.717, 1.165) is 6.42 Å². The maximum Gasteiger partial charge on any atom is 0.341 e. The smallest absolute Gasteiger partial charge is 0.341 e. The summed E-state index contributed by atoms with van der Waals surface area (Å²) in [6.07, 6.45) is 1.43. The van der Waals surface area contributed by atoms with Crippen LogP contribution < -0.4 is 10.5 Å². The second-order valence-corrected chi connectivity index (χ2v) is 5.20. The van der Waals surface area contributed by atoms with Crippen LogP contribution in [0.15, 0.2) is 24.3 Å². The SMILES string of the molecule is NC(=O)C1CCCN(C(=O)c2cccc(OCC(=O)O)c2)C1. The fourth-order valence-corrected chi connectivity index (χ4v) is 2.44. The standard InChI is InChI=1S/C15H18N2O5/c16-14(20)11-4-2-6-17(8-11)15(21)10-3-1-5-12(7-10)22-9-13(18)19/h1,3,5,7,11H,2,4,6,8-9H2,(H2,16,20)(H,18,19). The Bertz CT molecular complexity index is 587. The third kappa shape index (κ3) is 3.97. The highest BCUT2D eigenvalue weighted by Crippen LogP contribution is 2.20. The van der Waals surface area contributed by atoms with Crippen LogP contribution in [0.4, 0.5) is 0 Å². The Labute approximate surface area is 127 Å². The van der Waals surface area contributed by atoms with Crippen LogP contribution >= 0.6 is 0 Å². The van der Waals surface area contributed by atoms with Gasteiger partial charge in [-0.05, 0) is 31.0 Å². The van der Waals surface area contributed by atoms with E-state index in [2.05, 4.69) is 0 Å².